The second kappa shape index (κ2) is 3.85. The number of hydrogen-bond acceptors (Lipinski definition) is 3. The van der Waals surface area contributed by atoms with Crippen molar-refractivity contribution in [2.45, 2.75) is 32.6 Å². The van der Waals surface area contributed by atoms with Crippen LogP contribution in [0.25, 0.3) is 16.7 Å². The first-order chi connectivity index (χ1) is 9.65. The Labute approximate surface area is 116 Å². The topological polar surface area (TPSA) is 72.5 Å². The van der Waals surface area contributed by atoms with Crippen LogP contribution in [0.2, 0.25) is 0 Å². The maximum Gasteiger partial charge on any atom is 0.186 e. The molecule has 0 atom stereocenters. The highest BCUT2D eigenvalue weighted by molar-refractivity contribution is 5.90. The molecular weight excluding hydrogens is 250 g/mol. The van der Waals surface area contributed by atoms with Crippen LogP contribution in [0.1, 0.15) is 35.6 Å². The fourth-order valence-electron chi connectivity index (χ4n) is 2.81. The minimum atomic E-state index is 0.546. The van der Waals surface area contributed by atoms with Gasteiger partial charge in [0.2, 0.25) is 0 Å². The Bertz CT molecular complexity index is 807. The van der Waals surface area contributed by atoms with Gasteiger partial charge in [-0.25, -0.2) is 4.68 Å². The Morgan fingerprint density at radius 1 is 1.30 bits per heavy atom. The number of nitrogens with zero attached hydrogens (tertiary/aromatic N) is 3. The molecule has 1 aromatic carbocycles. The van der Waals surface area contributed by atoms with Crippen molar-refractivity contribution in [1.29, 1.82) is 0 Å². The number of aryl methyl sites for hydroxylation is 2. The number of aromatic nitrogens is 4. The molecule has 1 aliphatic carbocycles. The van der Waals surface area contributed by atoms with E-state index in [-0.39, 0.29) is 0 Å². The summed E-state index contributed by atoms with van der Waals surface area (Å²) in [5.41, 5.74) is 11.5. The van der Waals surface area contributed by atoms with Crippen LogP contribution in [0.3, 0.4) is 0 Å². The van der Waals surface area contributed by atoms with E-state index in [0.717, 1.165) is 22.4 Å². The van der Waals surface area contributed by atoms with Crippen LogP contribution in [0, 0.1) is 13.8 Å². The summed E-state index contributed by atoms with van der Waals surface area (Å²) in [4.78, 5) is 0. The number of anilines is 1. The highest BCUT2D eigenvalue weighted by atomic mass is 15.4. The normalized spacial score (nSPS) is 15.1. The van der Waals surface area contributed by atoms with Crippen molar-refractivity contribution in [3.05, 3.63) is 35.0 Å². The number of nitrogens with one attached hydrogen (secondary N) is 1. The molecule has 0 radical (unpaired) electrons. The molecule has 5 nitrogen and oxygen atoms in total. The predicted molar refractivity (Wildman–Crippen MR) is 79.1 cm³/mol. The van der Waals surface area contributed by atoms with Gasteiger partial charge in [-0.05, 0) is 38.3 Å². The lowest BCUT2D eigenvalue weighted by Crippen LogP contribution is -2.01. The number of nitrogens with two attached hydrogens (primary N) is 1. The lowest BCUT2D eigenvalue weighted by molar-refractivity contribution is 0.835. The van der Waals surface area contributed by atoms with Crippen molar-refractivity contribution in [3.8, 4) is 5.69 Å². The van der Waals surface area contributed by atoms with Crippen LogP contribution >= 0.6 is 0 Å². The SMILES string of the molecule is Cc1ccc(-n2nc(C3CC3)c3c(N)[nH]nc32)c(C)c1. The molecule has 0 bridgehead atoms. The van der Waals surface area contributed by atoms with Crippen molar-refractivity contribution in [3.63, 3.8) is 0 Å². The van der Waals surface area contributed by atoms with Gasteiger partial charge < -0.3 is 5.73 Å². The predicted octanol–water partition coefficient (Wildman–Crippen LogP) is 2.83. The highest BCUT2D eigenvalue weighted by Gasteiger charge is 2.31. The summed E-state index contributed by atoms with van der Waals surface area (Å²) >= 11 is 0. The molecule has 20 heavy (non-hydrogen) atoms. The van der Waals surface area contributed by atoms with Gasteiger partial charge in [0.25, 0.3) is 0 Å². The summed E-state index contributed by atoms with van der Waals surface area (Å²) in [5.74, 6) is 1.17. The molecule has 1 aliphatic rings. The summed E-state index contributed by atoms with van der Waals surface area (Å²) < 4.78 is 1.92. The minimum Gasteiger partial charge on any atom is -0.383 e. The largest absolute Gasteiger partial charge is 0.383 e. The van der Waals surface area contributed by atoms with Gasteiger partial charge in [-0.2, -0.15) is 10.2 Å². The van der Waals surface area contributed by atoms with Crippen molar-refractivity contribution in [2.75, 3.05) is 5.73 Å². The summed E-state index contributed by atoms with van der Waals surface area (Å²) in [7, 11) is 0. The standard InChI is InChI=1S/C15H17N5/c1-8-3-6-11(9(2)7-8)20-15-12(14(16)17-18-15)13(19-20)10-4-5-10/h3,6-7,10H,4-5H2,1-2H3,(H3,16,17,18). The summed E-state index contributed by atoms with van der Waals surface area (Å²) in [6, 6.07) is 6.36. The molecule has 0 spiro atoms. The second-order valence-electron chi connectivity index (χ2n) is 5.70. The maximum absolute atomic E-state index is 6.02. The molecule has 0 unspecified atom stereocenters. The van der Waals surface area contributed by atoms with Gasteiger partial charge in [0.05, 0.1) is 16.8 Å². The highest BCUT2D eigenvalue weighted by Crippen LogP contribution is 2.43. The van der Waals surface area contributed by atoms with E-state index in [9.17, 15) is 0 Å². The first kappa shape index (κ1) is 11.5. The third-order valence-electron chi connectivity index (χ3n) is 3.98. The first-order valence-electron chi connectivity index (χ1n) is 6.95. The molecule has 1 saturated carbocycles. The Balaban J connectivity index is 2.00. The molecular formula is C15H17N5. The Kier molecular flexibility index (Phi) is 2.22. The molecule has 0 saturated heterocycles. The molecule has 1 fully saturated rings. The molecule has 3 aromatic rings. The van der Waals surface area contributed by atoms with E-state index in [1.165, 1.54) is 24.0 Å². The third kappa shape index (κ3) is 1.56. The van der Waals surface area contributed by atoms with Gasteiger partial charge in [0, 0.05) is 5.92 Å². The van der Waals surface area contributed by atoms with Crippen LogP contribution in [0.5, 0.6) is 0 Å². The quantitative estimate of drug-likeness (QED) is 0.750. The molecule has 2 heterocycles. The molecule has 4 rings (SSSR count). The average molecular weight is 267 g/mol. The fraction of sp³-hybridized carbons (Fsp3) is 0.333. The smallest absolute Gasteiger partial charge is 0.186 e. The summed E-state index contributed by atoms with van der Waals surface area (Å²) in [6.07, 6.45) is 2.40. The van der Waals surface area contributed by atoms with Gasteiger partial charge in [0.1, 0.15) is 5.82 Å². The second-order valence-corrected chi connectivity index (χ2v) is 5.70. The van der Waals surface area contributed by atoms with Crippen molar-refractivity contribution in [2.24, 2.45) is 0 Å². The number of benzene rings is 1. The molecule has 0 aliphatic heterocycles. The molecule has 0 amide bonds. The van der Waals surface area contributed by atoms with Gasteiger partial charge in [0.15, 0.2) is 5.65 Å². The van der Waals surface area contributed by atoms with Gasteiger partial charge in [-0.3, -0.25) is 5.10 Å². The van der Waals surface area contributed by atoms with E-state index in [1.54, 1.807) is 0 Å². The zero-order valence-corrected chi connectivity index (χ0v) is 11.6. The van der Waals surface area contributed by atoms with E-state index >= 15 is 0 Å². The van der Waals surface area contributed by atoms with E-state index in [2.05, 4.69) is 42.2 Å². The number of hydrogen-bond donors (Lipinski definition) is 2. The third-order valence-corrected chi connectivity index (χ3v) is 3.98. The molecule has 102 valence electrons. The lowest BCUT2D eigenvalue weighted by atomic mass is 10.1. The Hall–Kier alpha value is -2.30. The zero-order chi connectivity index (χ0) is 13.9. The minimum absolute atomic E-state index is 0.546. The number of rotatable bonds is 2. The van der Waals surface area contributed by atoms with E-state index in [1.807, 2.05) is 4.68 Å². The summed E-state index contributed by atoms with van der Waals surface area (Å²) in [5, 5.41) is 13.0. The van der Waals surface area contributed by atoms with E-state index in [4.69, 9.17) is 10.8 Å². The number of nitrogen functional groups attached to an aromatic ring is 1. The van der Waals surface area contributed by atoms with Crippen LogP contribution in [0.15, 0.2) is 18.2 Å². The van der Waals surface area contributed by atoms with Crippen LogP contribution < -0.4 is 5.73 Å². The zero-order valence-electron chi connectivity index (χ0n) is 11.6. The van der Waals surface area contributed by atoms with Crippen molar-refractivity contribution in [1.82, 2.24) is 20.0 Å². The fourth-order valence-corrected chi connectivity index (χ4v) is 2.81. The summed E-state index contributed by atoms with van der Waals surface area (Å²) in [6.45, 7) is 4.19. The molecule has 2 aromatic heterocycles. The van der Waals surface area contributed by atoms with Gasteiger partial charge >= 0.3 is 0 Å². The van der Waals surface area contributed by atoms with Crippen molar-refractivity contribution >= 4 is 16.9 Å². The average Bonchev–Trinajstić information content (AvgIpc) is 3.08. The number of aromatic amines is 1. The maximum atomic E-state index is 6.02. The first-order valence-corrected chi connectivity index (χ1v) is 6.95. The molecule has 3 N–H and O–H groups in total. The van der Waals surface area contributed by atoms with Crippen LogP contribution in [0.4, 0.5) is 5.82 Å². The monoisotopic (exact) mass is 267 g/mol. The van der Waals surface area contributed by atoms with Gasteiger partial charge in [-0.1, -0.05) is 17.7 Å². The van der Waals surface area contributed by atoms with E-state index < -0.39 is 0 Å². The Morgan fingerprint density at radius 2 is 2.10 bits per heavy atom. The lowest BCUT2D eigenvalue weighted by Gasteiger charge is -2.06. The molecule has 5 heteroatoms. The number of H-pyrrole nitrogens is 1. The van der Waals surface area contributed by atoms with Crippen LogP contribution in [-0.2, 0) is 0 Å². The Morgan fingerprint density at radius 3 is 2.80 bits per heavy atom. The van der Waals surface area contributed by atoms with Gasteiger partial charge in [-0.15, -0.1) is 0 Å². The van der Waals surface area contributed by atoms with E-state index in [0.29, 0.717) is 11.7 Å². The van der Waals surface area contributed by atoms with Crippen LogP contribution in [-0.4, -0.2) is 20.0 Å². The number of fused-ring (bicyclic) bond motifs is 1. The van der Waals surface area contributed by atoms with Crippen molar-refractivity contribution < 1.29 is 0 Å².